The predicted octanol–water partition coefficient (Wildman–Crippen LogP) is 4.25. The van der Waals surface area contributed by atoms with Crippen LogP contribution >= 0.6 is 11.9 Å². The molecule has 1 aliphatic carbocycles. The molecule has 0 amide bonds. The normalized spacial score (nSPS) is 24.6. The van der Waals surface area contributed by atoms with Crippen LogP contribution in [-0.2, 0) is 12.0 Å². The van der Waals surface area contributed by atoms with Crippen molar-refractivity contribution in [3.63, 3.8) is 0 Å². The molecule has 4 rings (SSSR count). The number of aromatic nitrogens is 2. The molecule has 1 aliphatic heterocycles. The summed E-state index contributed by atoms with van der Waals surface area (Å²) in [6, 6.07) is 3.80. The van der Waals surface area contributed by atoms with Crippen molar-refractivity contribution in [3.05, 3.63) is 39.4 Å². The van der Waals surface area contributed by atoms with Crippen molar-refractivity contribution in [1.29, 1.82) is 0 Å². The van der Waals surface area contributed by atoms with Gasteiger partial charge >= 0.3 is 0 Å². The summed E-state index contributed by atoms with van der Waals surface area (Å²) in [6.45, 7) is 4.29. The molecule has 0 radical (unpaired) electrons. The van der Waals surface area contributed by atoms with E-state index in [9.17, 15) is 13.6 Å². The second-order valence-corrected chi connectivity index (χ2v) is 8.07. The molecule has 1 aromatic carbocycles. The Morgan fingerprint density at radius 1 is 1.31 bits per heavy atom. The maximum atomic E-state index is 14.0. The van der Waals surface area contributed by atoms with E-state index in [0.717, 1.165) is 16.8 Å². The fourth-order valence-corrected chi connectivity index (χ4v) is 4.85. The van der Waals surface area contributed by atoms with Gasteiger partial charge < -0.3 is 0 Å². The van der Waals surface area contributed by atoms with E-state index in [-0.39, 0.29) is 18.4 Å². The molecule has 7 heteroatoms. The molecular weight excluding hydrogens is 356 g/mol. The Morgan fingerprint density at radius 3 is 2.73 bits per heavy atom. The van der Waals surface area contributed by atoms with Gasteiger partial charge in [-0.05, 0) is 56.3 Å². The molecule has 1 aromatic heterocycles. The minimum Gasteiger partial charge on any atom is -0.296 e. The molecule has 1 unspecified atom stereocenters. The standard InChI is InChI=1S/C19H21F2N3OS/c1-11-8-13(12(2)23-26-3)15-14(9-11)16(25)24-7-6-18(17(24)22-15)4-5-19(20,21)10-18/h8-9H,4-7,10H2,1-3H3/b23-12-. The first-order valence-electron chi connectivity index (χ1n) is 8.78. The number of benzene rings is 1. The third-order valence-electron chi connectivity index (χ3n) is 5.68. The number of hydrogen-bond donors (Lipinski definition) is 0. The van der Waals surface area contributed by atoms with E-state index >= 15 is 0 Å². The van der Waals surface area contributed by atoms with Crippen LogP contribution in [-0.4, -0.2) is 27.4 Å². The Bertz CT molecular complexity index is 998. The first-order valence-corrected chi connectivity index (χ1v) is 9.96. The summed E-state index contributed by atoms with van der Waals surface area (Å²) in [5.74, 6) is -2.14. The zero-order valence-corrected chi connectivity index (χ0v) is 15.9. The van der Waals surface area contributed by atoms with Crippen LogP contribution in [0.4, 0.5) is 8.78 Å². The van der Waals surface area contributed by atoms with Gasteiger partial charge in [0.05, 0.1) is 16.6 Å². The minimum absolute atomic E-state index is 0.126. The van der Waals surface area contributed by atoms with Crippen LogP contribution in [0.2, 0.25) is 0 Å². The molecule has 0 bridgehead atoms. The number of alkyl halides is 2. The van der Waals surface area contributed by atoms with Gasteiger partial charge in [-0.1, -0.05) is 0 Å². The van der Waals surface area contributed by atoms with Gasteiger partial charge in [0.1, 0.15) is 5.82 Å². The molecule has 1 fully saturated rings. The van der Waals surface area contributed by atoms with Crippen LogP contribution in [0, 0.1) is 6.92 Å². The van der Waals surface area contributed by atoms with E-state index in [1.807, 2.05) is 32.2 Å². The molecule has 1 saturated carbocycles. The van der Waals surface area contributed by atoms with Crippen LogP contribution in [0.1, 0.15) is 49.6 Å². The second-order valence-electron chi connectivity index (χ2n) is 7.52. The number of aryl methyl sites for hydroxylation is 1. The van der Waals surface area contributed by atoms with Crippen molar-refractivity contribution in [2.75, 3.05) is 6.26 Å². The summed E-state index contributed by atoms with van der Waals surface area (Å²) in [4.78, 5) is 17.9. The lowest BCUT2D eigenvalue weighted by Crippen LogP contribution is -2.28. The molecule has 138 valence electrons. The summed E-state index contributed by atoms with van der Waals surface area (Å²) in [5, 5.41) is 0.543. The predicted molar refractivity (Wildman–Crippen MR) is 102 cm³/mol. The number of nitrogens with zero attached hydrogens (tertiary/aromatic N) is 3. The molecule has 26 heavy (non-hydrogen) atoms. The van der Waals surface area contributed by atoms with E-state index in [2.05, 4.69) is 4.40 Å². The van der Waals surface area contributed by atoms with Gasteiger partial charge in [-0.2, -0.15) is 0 Å². The largest absolute Gasteiger partial charge is 0.296 e. The highest BCUT2D eigenvalue weighted by molar-refractivity contribution is 7.97. The summed E-state index contributed by atoms with van der Waals surface area (Å²) < 4.78 is 34.0. The Morgan fingerprint density at radius 2 is 2.08 bits per heavy atom. The highest BCUT2D eigenvalue weighted by atomic mass is 32.2. The van der Waals surface area contributed by atoms with Gasteiger partial charge in [-0.15, -0.1) is 0 Å². The van der Waals surface area contributed by atoms with Crippen molar-refractivity contribution < 1.29 is 8.78 Å². The van der Waals surface area contributed by atoms with E-state index in [1.54, 1.807) is 4.57 Å². The number of hydrogen-bond acceptors (Lipinski definition) is 4. The Kier molecular flexibility index (Phi) is 3.99. The van der Waals surface area contributed by atoms with E-state index in [4.69, 9.17) is 4.98 Å². The van der Waals surface area contributed by atoms with Crippen LogP contribution in [0.15, 0.2) is 21.3 Å². The van der Waals surface area contributed by atoms with Crippen molar-refractivity contribution in [2.24, 2.45) is 4.40 Å². The van der Waals surface area contributed by atoms with Crippen LogP contribution < -0.4 is 5.56 Å². The van der Waals surface area contributed by atoms with Crippen molar-refractivity contribution >= 4 is 28.6 Å². The van der Waals surface area contributed by atoms with Crippen molar-refractivity contribution in [2.45, 2.75) is 57.4 Å². The Balaban J connectivity index is 2.01. The summed E-state index contributed by atoms with van der Waals surface area (Å²) in [5.41, 5.74) is 2.33. The maximum absolute atomic E-state index is 14.0. The van der Waals surface area contributed by atoms with Crippen LogP contribution in [0.25, 0.3) is 10.9 Å². The third kappa shape index (κ3) is 2.59. The lowest BCUT2D eigenvalue weighted by Gasteiger charge is -2.23. The summed E-state index contributed by atoms with van der Waals surface area (Å²) >= 11 is 1.34. The molecule has 2 heterocycles. The van der Waals surface area contributed by atoms with Crippen molar-refractivity contribution in [3.8, 4) is 0 Å². The molecule has 4 nitrogen and oxygen atoms in total. The van der Waals surface area contributed by atoms with Gasteiger partial charge in [0.2, 0.25) is 5.92 Å². The van der Waals surface area contributed by atoms with Crippen molar-refractivity contribution in [1.82, 2.24) is 9.55 Å². The van der Waals surface area contributed by atoms with E-state index in [0.29, 0.717) is 36.1 Å². The number of halogens is 2. The van der Waals surface area contributed by atoms with Crippen LogP contribution in [0.3, 0.4) is 0 Å². The fourth-order valence-electron chi connectivity index (χ4n) is 4.48. The fraction of sp³-hybridized carbons (Fsp3) is 0.526. The SMILES string of the molecule is CS/N=C(/C)c1cc(C)cc2c(=O)n3c(nc12)C1(CC3)CCC(F)(F)C1. The Labute approximate surface area is 154 Å². The van der Waals surface area contributed by atoms with Gasteiger partial charge in [0.25, 0.3) is 5.56 Å². The van der Waals surface area contributed by atoms with Gasteiger partial charge in [-0.25, -0.2) is 18.2 Å². The zero-order valence-electron chi connectivity index (χ0n) is 15.1. The Hall–Kier alpha value is -1.76. The first kappa shape index (κ1) is 17.6. The van der Waals surface area contributed by atoms with Gasteiger partial charge in [0, 0.05) is 36.6 Å². The van der Waals surface area contributed by atoms with Gasteiger partial charge in [0.15, 0.2) is 0 Å². The molecule has 0 N–H and O–H groups in total. The van der Waals surface area contributed by atoms with E-state index in [1.165, 1.54) is 11.9 Å². The molecular formula is C19H21F2N3OS. The summed E-state index contributed by atoms with van der Waals surface area (Å²) in [6.07, 6.45) is 2.48. The molecule has 1 spiro atoms. The number of rotatable bonds is 2. The van der Waals surface area contributed by atoms with E-state index < -0.39 is 11.3 Å². The lowest BCUT2D eigenvalue weighted by molar-refractivity contribution is 0.00242. The molecule has 0 saturated heterocycles. The molecule has 1 atom stereocenters. The minimum atomic E-state index is -2.67. The highest BCUT2D eigenvalue weighted by Crippen LogP contribution is 2.52. The zero-order chi connectivity index (χ0) is 18.7. The smallest absolute Gasteiger partial charge is 0.261 e. The number of fused-ring (bicyclic) bond motifs is 3. The molecule has 2 aliphatic rings. The average Bonchev–Trinajstić information content (AvgIpc) is 3.08. The summed E-state index contributed by atoms with van der Waals surface area (Å²) in [7, 11) is 0. The highest BCUT2D eigenvalue weighted by Gasteiger charge is 2.54. The van der Waals surface area contributed by atoms with Gasteiger partial charge in [-0.3, -0.25) is 9.36 Å². The maximum Gasteiger partial charge on any atom is 0.261 e. The monoisotopic (exact) mass is 377 g/mol. The lowest BCUT2D eigenvalue weighted by atomic mass is 9.84. The van der Waals surface area contributed by atoms with Crippen LogP contribution in [0.5, 0.6) is 0 Å². The quantitative estimate of drug-likeness (QED) is 0.581. The second kappa shape index (κ2) is 5.87. The average molecular weight is 377 g/mol. The third-order valence-corrected chi connectivity index (χ3v) is 6.13. The first-order chi connectivity index (χ1) is 12.3. The molecule has 2 aromatic rings. The topological polar surface area (TPSA) is 47.2 Å².